The summed E-state index contributed by atoms with van der Waals surface area (Å²) in [6.45, 7) is 2.14. The number of benzene rings is 1. The lowest BCUT2D eigenvalue weighted by Gasteiger charge is -2.27. The highest BCUT2D eigenvalue weighted by Gasteiger charge is 2.34. The zero-order valence-electron chi connectivity index (χ0n) is 15.6. The van der Waals surface area contributed by atoms with E-state index in [9.17, 15) is 10.1 Å². The smallest absolute Gasteiger partial charge is 0.259 e. The monoisotopic (exact) mass is 404 g/mol. The summed E-state index contributed by atoms with van der Waals surface area (Å²) in [4.78, 5) is 17.8. The molecule has 0 spiro atoms. The van der Waals surface area contributed by atoms with Crippen LogP contribution < -0.4 is 16.0 Å². The Morgan fingerprint density at radius 3 is 2.69 bits per heavy atom. The van der Waals surface area contributed by atoms with E-state index in [4.69, 9.17) is 22.1 Å². The van der Waals surface area contributed by atoms with Gasteiger partial charge < -0.3 is 15.0 Å². The van der Waals surface area contributed by atoms with E-state index in [2.05, 4.69) is 11.1 Å². The van der Waals surface area contributed by atoms with Gasteiger partial charge in [0.2, 0.25) is 5.88 Å². The van der Waals surface area contributed by atoms with E-state index in [1.54, 1.807) is 41.1 Å². The molecular formula is C22H17ClN4O2. The van der Waals surface area contributed by atoms with Crippen LogP contribution in [0.5, 0.6) is 5.75 Å². The molecule has 29 heavy (non-hydrogen) atoms. The Labute approximate surface area is 172 Å². The normalized spacial score (nSPS) is 15.4. The fourth-order valence-corrected chi connectivity index (χ4v) is 3.65. The Balaban J connectivity index is 1.92. The lowest BCUT2D eigenvalue weighted by molar-refractivity contribution is 0.389. The standard InChI is InChI=1S/C22H17ClN4O2/c1-13-10-18-20(22(28)27(13)12-16-4-2-3-9-26-16)19(17(11-24)21(25)29-18)14-5-7-15(23)8-6-14/h2-10,19H,12,25H2,1H3. The van der Waals surface area contributed by atoms with Gasteiger partial charge in [-0.05, 0) is 36.8 Å². The van der Waals surface area contributed by atoms with Crippen molar-refractivity contribution in [1.29, 1.82) is 5.26 Å². The van der Waals surface area contributed by atoms with Crippen molar-refractivity contribution < 1.29 is 4.74 Å². The second kappa shape index (κ2) is 7.46. The number of aryl methyl sites for hydroxylation is 1. The largest absolute Gasteiger partial charge is 0.440 e. The highest BCUT2D eigenvalue weighted by Crippen LogP contribution is 2.40. The summed E-state index contributed by atoms with van der Waals surface area (Å²) in [5.41, 5.74) is 8.55. The van der Waals surface area contributed by atoms with Gasteiger partial charge in [0.15, 0.2) is 0 Å². The Kier molecular flexibility index (Phi) is 4.83. The van der Waals surface area contributed by atoms with Gasteiger partial charge in [0.05, 0.1) is 23.7 Å². The second-order valence-corrected chi connectivity index (χ2v) is 7.19. The molecule has 3 heterocycles. The average Bonchev–Trinajstić information content (AvgIpc) is 2.71. The van der Waals surface area contributed by atoms with Crippen molar-refractivity contribution >= 4 is 11.6 Å². The van der Waals surface area contributed by atoms with Crippen molar-refractivity contribution in [2.75, 3.05) is 0 Å². The number of rotatable bonds is 3. The SMILES string of the molecule is Cc1cc2c(c(=O)n1Cc1ccccn1)C(c1ccc(Cl)cc1)C(C#N)=C(N)O2. The number of nitriles is 1. The van der Waals surface area contributed by atoms with Gasteiger partial charge in [-0.1, -0.05) is 29.8 Å². The van der Waals surface area contributed by atoms with Crippen molar-refractivity contribution in [2.45, 2.75) is 19.4 Å². The topological polar surface area (TPSA) is 93.9 Å². The van der Waals surface area contributed by atoms with Gasteiger partial charge in [0.25, 0.3) is 5.56 Å². The van der Waals surface area contributed by atoms with E-state index in [-0.39, 0.29) is 17.0 Å². The summed E-state index contributed by atoms with van der Waals surface area (Å²) in [6.07, 6.45) is 1.69. The van der Waals surface area contributed by atoms with Crippen molar-refractivity contribution in [2.24, 2.45) is 5.73 Å². The first kappa shape index (κ1) is 18.8. The van der Waals surface area contributed by atoms with Crippen LogP contribution in [0.3, 0.4) is 0 Å². The van der Waals surface area contributed by atoms with Crippen LogP contribution in [0.2, 0.25) is 5.02 Å². The molecule has 1 aliphatic rings. The molecule has 2 aromatic heterocycles. The zero-order valence-corrected chi connectivity index (χ0v) is 16.3. The molecule has 0 aliphatic carbocycles. The number of aromatic nitrogens is 2. The molecule has 4 rings (SSSR count). The summed E-state index contributed by atoms with van der Waals surface area (Å²) in [5.74, 6) is -0.272. The van der Waals surface area contributed by atoms with Crippen LogP contribution in [0.15, 0.2) is 71.0 Å². The molecule has 0 saturated heterocycles. The number of hydrogen-bond donors (Lipinski definition) is 1. The Morgan fingerprint density at radius 2 is 2.03 bits per heavy atom. The van der Waals surface area contributed by atoms with Crippen LogP contribution >= 0.6 is 11.6 Å². The molecule has 7 heteroatoms. The van der Waals surface area contributed by atoms with E-state index in [1.807, 2.05) is 25.1 Å². The molecule has 0 amide bonds. The van der Waals surface area contributed by atoms with Crippen molar-refractivity contribution in [3.8, 4) is 11.8 Å². The van der Waals surface area contributed by atoms with Gasteiger partial charge in [-0.2, -0.15) is 5.26 Å². The molecule has 0 radical (unpaired) electrons. The van der Waals surface area contributed by atoms with Gasteiger partial charge in [-0.25, -0.2) is 0 Å². The van der Waals surface area contributed by atoms with Crippen LogP contribution in [0, 0.1) is 18.3 Å². The summed E-state index contributed by atoms with van der Waals surface area (Å²) in [7, 11) is 0. The van der Waals surface area contributed by atoms with Crippen LogP contribution in [-0.4, -0.2) is 9.55 Å². The maximum Gasteiger partial charge on any atom is 0.259 e. The summed E-state index contributed by atoms with van der Waals surface area (Å²) in [6, 6.07) is 16.4. The lowest BCUT2D eigenvalue weighted by atomic mass is 9.84. The van der Waals surface area contributed by atoms with E-state index >= 15 is 0 Å². The highest BCUT2D eigenvalue weighted by atomic mass is 35.5. The molecule has 1 unspecified atom stereocenters. The number of hydrogen-bond acceptors (Lipinski definition) is 5. The number of pyridine rings is 2. The van der Waals surface area contributed by atoms with E-state index in [0.29, 0.717) is 28.6 Å². The predicted molar refractivity (Wildman–Crippen MR) is 110 cm³/mol. The number of nitrogens with zero attached hydrogens (tertiary/aromatic N) is 3. The summed E-state index contributed by atoms with van der Waals surface area (Å²) >= 11 is 6.02. The average molecular weight is 405 g/mol. The van der Waals surface area contributed by atoms with Crippen molar-refractivity contribution in [3.63, 3.8) is 0 Å². The van der Waals surface area contributed by atoms with Crippen molar-refractivity contribution in [3.05, 3.63) is 104 Å². The third kappa shape index (κ3) is 3.37. The minimum Gasteiger partial charge on any atom is -0.440 e. The molecule has 1 atom stereocenters. The molecule has 0 fully saturated rings. The first-order valence-electron chi connectivity index (χ1n) is 8.97. The molecule has 3 aromatic rings. The third-order valence-corrected chi connectivity index (χ3v) is 5.19. The first-order valence-corrected chi connectivity index (χ1v) is 9.34. The molecule has 0 saturated carbocycles. The fourth-order valence-electron chi connectivity index (χ4n) is 3.52. The first-order chi connectivity index (χ1) is 14.0. The Hall–Kier alpha value is -3.56. The predicted octanol–water partition coefficient (Wildman–Crippen LogP) is 3.47. The Bertz CT molecular complexity index is 1210. The van der Waals surface area contributed by atoms with Crippen LogP contribution in [0.4, 0.5) is 0 Å². The third-order valence-electron chi connectivity index (χ3n) is 4.94. The molecule has 1 aromatic carbocycles. The van der Waals surface area contributed by atoms with Crippen LogP contribution in [0.25, 0.3) is 0 Å². The van der Waals surface area contributed by atoms with Gasteiger partial charge in [0.1, 0.15) is 17.4 Å². The second-order valence-electron chi connectivity index (χ2n) is 6.75. The molecule has 144 valence electrons. The molecular weight excluding hydrogens is 388 g/mol. The van der Waals surface area contributed by atoms with E-state index < -0.39 is 5.92 Å². The quantitative estimate of drug-likeness (QED) is 0.721. The summed E-state index contributed by atoms with van der Waals surface area (Å²) in [5, 5.41) is 10.3. The minimum atomic E-state index is -0.635. The number of fused-ring (bicyclic) bond motifs is 1. The molecule has 0 bridgehead atoms. The maximum absolute atomic E-state index is 13.5. The van der Waals surface area contributed by atoms with Crippen LogP contribution in [0.1, 0.15) is 28.4 Å². The van der Waals surface area contributed by atoms with Crippen molar-refractivity contribution in [1.82, 2.24) is 9.55 Å². The van der Waals surface area contributed by atoms with Gasteiger partial charge in [0, 0.05) is 23.0 Å². The molecule has 6 nitrogen and oxygen atoms in total. The fraction of sp³-hybridized carbons (Fsp3) is 0.136. The van der Waals surface area contributed by atoms with Gasteiger partial charge >= 0.3 is 0 Å². The zero-order chi connectivity index (χ0) is 20.5. The lowest BCUT2D eigenvalue weighted by Crippen LogP contribution is -2.33. The Morgan fingerprint density at radius 1 is 1.28 bits per heavy atom. The number of halogens is 1. The van der Waals surface area contributed by atoms with Gasteiger partial charge in [-0.15, -0.1) is 0 Å². The maximum atomic E-state index is 13.5. The number of ether oxygens (including phenoxy) is 1. The minimum absolute atomic E-state index is 0.00114. The highest BCUT2D eigenvalue weighted by molar-refractivity contribution is 6.30. The van der Waals surface area contributed by atoms with Gasteiger partial charge in [-0.3, -0.25) is 9.78 Å². The summed E-state index contributed by atoms with van der Waals surface area (Å²) < 4.78 is 7.29. The van der Waals surface area contributed by atoms with E-state index in [0.717, 1.165) is 11.3 Å². The van der Waals surface area contributed by atoms with Crippen LogP contribution in [-0.2, 0) is 6.54 Å². The number of allylic oxidation sites excluding steroid dienone is 1. The molecule has 1 aliphatic heterocycles. The number of nitrogens with two attached hydrogens (primary N) is 1. The van der Waals surface area contributed by atoms with E-state index in [1.165, 1.54) is 0 Å². The molecule has 2 N–H and O–H groups in total.